The van der Waals surface area contributed by atoms with Gasteiger partial charge in [0, 0.05) is 37.1 Å². The lowest BCUT2D eigenvalue weighted by molar-refractivity contribution is 0.140. The highest BCUT2D eigenvalue weighted by atomic mass is 32.1. The highest BCUT2D eigenvalue weighted by Gasteiger charge is 2.34. The van der Waals surface area contributed by atoms with E-state index < -0.39 is 0 Å². The Hall–Kier alpha value is -0.420. The molecule has 0 spiro atoms. The molecule has 18 heavy (non-hydrogen) atoms. The van der Waals surface area contributed by atoms with E-state index in [1.165, 1.54) is 24.1 Å². The van der Waals surface area contributed by atoms with Crippen LogP contribution in [0.1, 0.15) is 17.7 Å². The maximum Gasteiger partial charge on any atom is 0.0587 e. The third kappa shape index (κ3) is 4.05. The van der Waals surface area contributed by atoms with Crippen LogP contribution in [-0.4, -0.2) is 40.0 Å². The lowest BCUT2D eigenvalue weighted by Crippen LogP contribution is -2.36. The van der Waals surface area contributed by atoms with Gasteiger partial charge in [0.05, 0.1) is 13.2 Å². The summed E-state index contributed by atoms with van der Waals surface area (Å²) >= 11 is 1.86. The quantitative estimate of drug-likeness (QED) is 0.735. The minimum Gasteiger partial charge on any atom is -0.383 e. The molecule has 0 aromatic carbocycles. The zero-order valence-corrected chi connectivity index (χ0v) is 11.9. The Morgan fingerprint density at radius 1 is 1.56 bits per heavy atom. The van der Waals surface area contributed by atoms with Gasteiger partial charge in [-0.05, 0) is 30.7 Å². The first-order valence-corrected chi connectivity index (χ1v) is 7.52. The summed E-state index contributed by atoms with van der Waals surface area (Å²) in [4.78, 5) is 1.48. The van der Waals surface area contributed by atoms with E-state index in [0.717, 1.165) is 32.9 Å². The molecule has 1 aromatic rings. The Kier molecular flexibility index (Phi) is 5.63. The zero-order valence-electron chi connectivity index (χ0n) is 11.1. The summed E-state index contributed by atoms with van der Waals surface area (Å²) in [5, 5.41) is 5.65. The summed E-state index contributed by atoms with van der Waals surface area (Å²) in [6, 6.07) is 4.36. The predicted molar refractivity (Wildman–Crippen MR) is 75.3 cm³/mol. The first-order valence-electron chi connectivity index (χ1n) is 6.64. The summed E-state index contributed by atoms with van der Waals surface area (Å²) in [5.41, 5.74) is 0.331. The second kappa shape index (κ2) is 7.24. The molecule has 2 heterocycles. The number of hydrogen-bond acceptors (Lipinski definition) is 4. The first kappa shape index (κ1) is 14.0. The fourth-order valence-electron chi connectivity index (χ4n) is 2.45. The van der Waals surface area contributed by atoms with E-state index in [9.17, 15) is 0 Å². The van der Waals surface area contributed by atoms with Gasteiger partial charge in [-0.15, -0.1) is 11.3 Å². The Morgan fingerprint density at radius 3 is 3.17 bits per heavy atom. The van der Waals surface area contributed by atoms with Gasteiger partial charge in [0.1, 0.15) is 0 Å². The van der Waals surface area contributed by atoms with E-state index in [2.05, 4.69) is 22.8 Å². The third-order valence-electron chi connectivity index (χ3n) is 3.65. The molecule has 0 saturated carbocycles. The Morgan fingerprint density at radius 2 is 2.50 bits per heavy atom. The van der Waals surface area contributed by atoms with Crippen molar-refractivity contribution in [1.82, 2.24) is 5.32 Å². The summed E-state index contributed by atoms with van der Waals surface area (Å²) in [7, 11) is 1.74. The van der Waals surface area contributed by atoms with Gasteiger partial charge in [-0.3, -0.25) is 0 Å². The number of rotatable bonds is 8. The summed E-state index contributed by atoms with van der Waals surface area (Å²) < 4.78 is 10.7. The average Bonchev–Trinajstić information content (AvgIpc) is 3.04. The minimum atomic E-state index is 0.331. The molecule has 0 amide bonds. The average molecular weight is 269 g/mol. The number of thiophene rings is 1. The number of methoxy groups -OCH3 is 1. The van der Waals surface area contributed by atoms with Crippen LogP contribution in [0.3, 0.4) is 0 Å². The Bertz CT molecular complexity index is 321. The van der Waals surface area contributed by atoms with E-state index in [0.29, 0.717) is 5.41 Å². The van der Waals surface area contributed by atoms with Gasteiger partial charge in [0.2, 0.25) is 0 Å². The summed E-state index contributed by atoms with van der Waals surface area (Å²) in [5.74, 6) is 0. The molecule has 1 aromatic heterocycles. The molecule has 0 aliphatic carbocycles. The van der Waals surface area contributed by atoms with E-state index in [4.69, 9.17) is 9.47 Å². The van der Waals surface area contributed by atoms with Gasteiger partial charge in [0.15, 0.2) is 0 Å². The van der Waals surface area contributed by atoms with Crippen molar-refractivity contribution in [2.75, 3.05) is 40.0 Å². The molecule has 1 unspecified atom stereocenters. The summed E-state index contributed by atoms with van der Waals surface area (Å²) in [6.45, 7) is 4.57. The van der Waals surface area contributed by atoms with Gasteiger partial charge >= 0.3 is 0 Å². The van der Waals surface area contributed by atoms with Crippen LogP contribution >= 0.6 is 11.3 Å². The van der Waals surface area contributed by atoms with E-state index >= 15 is 0 Å². The molecular weight excluding hydrogens is 246 g/mol. The molecular formula is C14H23NO2S. The Labute approximate surface area is 113 Å². The number of nitrogens with one attached hydrogen (secondary N) is 1. The lowest BCUT2D eigenvalue weighted by atomic mass is 9.82. The van der Waals surface area contributed by atoms with E-state index in [1.807, 2.05) is 11.3 Å². The van der Waals surface area contributed by atoms with Crippen molar-refractivity contribution < 1.29 is 9.47 Å². The van der Waals surface area contributed by atoms with Crippen molar-refractivity contribution in [3.8, 4) is 0 Å². The minimum absolute atomic E-state index is 0.331. The Balaban J connectivity index is 1.78. The molecule has 1 N–H and O–H groups in total. The normalized spacial score (nSPS) is 23.6. The van der Waals surface area contributed by atoms with Gasteiger partial charge in [-0.1, -0.05) is 6.07 Å². The summed E-state index contributed by atoms with van der Waals surface area (Å²) in [6.07, 6.45) is 3.57. The molecule has 1 atom stereocenters. The molecule has 4 heteroatoms. The van der Waals surface area contributed by atoms with Crippen molar-refractivity contribution in [1.29, 1.82) is 0 Å². The second-order valence-corrected chi connectivity index (χ2v) is 6.08. The molecule has 0 bridgehead atoms. The molecule has 1 saturated heterocycles. The maximum atomic E-state index is 5.62. The van der Waals surface area contributed by atoms with Gasteiger partial charge in [-0.2, -0.15) is 0 Å². The largest absolute Gasteiger partial charge is 0.383 e. The lowest BCUT2D eigenvalue weighted by Gasteiger charge is -2.27. The number of ether oxygens (including phenoxy) is 2. The van der Waals surface area contributed by atoms with Crippen LogP contribution in [-0.2, 0) is 15.9 Å². The fourth-order valence-corrected chi connectivity index (χ4v) is 3.15. The van der Waals surface area contributed by atoms with Crippen molar-refractivity contribution in [3.63, 3.8) is 0 Å². The van der Waals surface area contributed by atoms with Crippen molar-refractivity contribution >= 4 is 11.3 Å². The molecule has 1 aliphatic rings. The molecule has 2 rings (SSSR count). The van der Waals surface area contributed by atoms with E-state index in [1.54, 1.807) is 7.11 Å². The molecule has 3 nitrogen and oxygen atoms in total. The zero-order chi connectivity index (χ0) is 12.7. The van der Waals surface area contributed by atoms with Crippen LogP contribution in [0, 0.1) is 5.41 Å². The fraction of sp³-hybridized carbons (Fsp3) is 0.714. The van der Waals surface area contributed by atoms with Crippen molar-refractivity contribution in [3.05, 3.63) is 22.4 Å². The monoisotopic (exact) mass is 269 g/mol. The van der Waals surface area contributed by atoms with Crippen molar-refractivity contribution in [2.45, 2.75) is 19.3 Å². The maximum absolute atomic E-state index is 5.62. The van der Waals surface area contributed by atoms with Crippen molar-refractivity contribution in [2.24, 2.45) is 5.41 Å². The van der Waals surface area contributed by atoms with Crippen LogP contribution in [0.25, 0.3) is 0 Å². The first-order chi connectivity index (χ1) is 8.85. The van der Waals surface area contributed by atoms with Crippen LogP contribution in [0.2, 0.25) is 0 Å². The number of hydrogen-bond donors (Lipinski definition) is 1. The highest BCUT2D eigenvalue weighted by molar-refractivity contribution is 7.09. The van der Waals surface area contributed by atoms with Crippen LogP contribution < -0.4 is 5.32 Å². The van der Waals surface area contributed by atoms with Gasteiger partial charge in [-0.25, -0.2) is 0 Å². The third-order valence-corrected chi connectivity index (χ3v) is 4.59. The van der Waals surface area contributed by atoms with Crippen LogP contribution in [0.4, 0.5) is 0 Å². The van der Waals surface area contributed by atoms with Crippen LogP contribution in [0.15, 0.2) is 17.5 Å². The van der Waals surface area contributed by atoms with Gasteiger partial charge < -0.3 is 14.8 Å². The van der Waals surface area contributed by atoms with Gasteiger partial charge in [0.25, 0.3) is 0 Å². The van der Waals surface area contributed by atoms with E-state index in [-0.39, 0.29) is 0 Å². The molecule has 102 valence electrons. The molecule has 1 aliphatic heterocycles. The SMILES string of the molecule is COCCNCC1(CCc2cccs2)CCOC1. The highest BCUT2D eigenvalue weighted by Crippen LogP contribution is 2.33. The smallest absolute Gasteiger partial charge is 0.0587 e. The molecule has 1 fully saturated rings. The topological polar surface area (TPSA) is 30.5 Å². The standard InChI is InChI=1S/C14H23NO2S/c1-16-9-7-15-11-14(6-8-17-12-14)5-4-13-3-2-10-18-13/h2-3,10,15H,4-9,11-12H2,1H3. The predicted octanol–water partition coefficient (Wildman–Crippen LogP) is 2.32. The number of aryl methyl sites for hydroxylation is 1. The molecule has 0 radical (unpaired) electrons. The second-order valence-electron chi connectivity index (χ2n) is 5.05. The van der Waals surface area contributed by atoms with Crippen LogP contribution in [0.5, 0.6) is 0 Å².